The van der Waals surface area contributed by atoms with E-state index in [0.29, 0.717) is 6.54 Å². The number of benzene rings is 2. The molecule has 1 aliphatic heterocycles. The molecule has 0 aliphatic carbocycles. The molecule has 1 atom stereocenters. The van der Waals surface area contributed by atoms with Crippen LogP contribution in [0.25, 0.3) is 0 Å². The number of carbonyl (C=O) groups is 1. The molecule has 126 valence electrons. The van der Waals surface area contributed by atoms with E-state index >= 15 is 0 Å². The Labute approximate surface area is 144 Å². The molecule has 1 heterocycles. The predicted octanol–water partition coefficient (Wildman–Crippen LogP) is 3.54. The summed E-state index contributed by atoms with van der Waals surface area (Å²) in [5.41, 5.74) is 6.47. The predicted molar refractivity (Wildman–Crippen MR) is 97.9 cm³/mol. The van der Waals surface area contributed by atoms with Gasteiger partial charge in [0, 0.05) is 13.1 Å². The van der Waals surface area contributed by atoms with Crippen LogP contribution in [0.2, 0.25) is 0 Å². The van der Waals surface area contributed by atoms with Gasteiger partial charge in [0.2, 0.25) is 5.91 Å². The summed E-state index contributed by atoms with van der Waals surface area (Å²) < 4.78 is 0. The van der Waals surface area contributed by atoms with Gasteiger partial charge in [-0.15, -0.1) is 0 Å². The van der Waals surface area contributed by atoms with Crippen molar-refractivity contribution in [2.45, 2.75) is 39.8 Å². The molecule has 0 aromatic heterocycles. The van der Waals surface area contributed by atoms with Crippen molar-refractivity contribution in [1.82, 2.24) is 10.2 Å². The quantitative estimate of drug-likeness (QED) is 0.934. The fourth-order valence-corrected chi connectivity index (χ4v) is 3.30. The summed E-state index contributed by atoms with van der Waals surface area (Å²) in [5, 5.41) is 3.13. The Kier molecular flexibility index (Phi) is 5.00. The van der Waals surface area contributed by atoms with Crippen molar-refractivity contribution in [3.63, 3.8) is 0 Å². The average Bonchev–Trinajstić information content (AvgIpc) is 2.57. The van der Waals surface area contributed by atoms with Crippen molar-refractivity contribution in [3.05, 3.63) is 70.3 Å². The number of nitrogens with one attached hydrogen (secondary N) is 1. The molecule has 0 bridgehead atoms. The van der Waals surface area contributed by atoms with Crippen LogP contribution in [0.1, 0.15) is 40.8 Å². The largest absolute Gasteiger partial charge is 0.348 e. The number of rotatable bonds is 4. The minimum Gasteiger partial charge on any atom is -0.348 e. The van der Waals surface area contributed by atoms with Crippen molar-refractivity contribution in [2.75, 3.05) is 13.1 Å². The van der Waals surface area contributed by atoms with Crippen LogP contribution in [0.5, 0.6) is 0 Å². The molecule has 0 unspecified atom stereocenters. The molecule has 1 amide bonds. The minimum atomic E-state index is 0.0360. The van der Waals surface area contributed by atoms with E-state index in [1.54, 1.807) is 0 Å². The minimum absolute atomic E-state index is 0.0360. The molecule has 3 heteroatoms. The second kappa shape index (κ2) is 7.18. The van der Waals surface area contributed by atoms with E-state index in [-0.39, 0.29) is 11.9 Å². The molecule has 0 saturated heterocycles. The maximum Gasteiger partial charge on any atom is 0.234 e. The fourth-order valence-electron chi connectivity index (χ4n) is 3.30. The Bertz CT molecular complexity index is 738. The number of aryl methyl sites for hydroxylation is 2. The van der Waals surface area contributed by atoms with Gasteiger partial charge in [-0.1, -0.05) is 42.5 Å². The molecular formula is C21H26N2O. The highest BCUT2D eigenvalue weighted by Gasteiger charge is 2.19. The van der Waals surface area contributed by atoms with E-state index in [1.165, 1.54) is 22.3 Å². The van der Waals surface area contributed by atoms with E-state index in [1.807, 2.05) is 6.92 Å². The first-order valence-electron chi connectivity index (χ1n) is 8.68. The molecule has 1 aliphatic rings. The normalized spacial score (nSPS) is 15.6. The number of nitrogens with zero attached hydrogens (tertiary/aromatic N) is 1. The maximum absolute atomic E-state index is 12.4. The monoisotopic (exact) mass is 322 g/mol. The lowest BCUT2D eigenvalue weighted by Gasteiger charge is -2.28. The van der Waals surface area contributed by atoms with Crippen LogP contribution in [0.4, 0.5) is 0 Å². The van der Waals surface area contributed by atoms with Crippen LogP contribution in [0.15, 0.2) is 42.5 Å². The lowest BCUT2D eigenvalue weighted by Crippen LogP contribution is -2.40. The number of hydrogen-bond donors (Lipinski definition) is 1. The third-order valence-corrected chi connectivity index (χ3v) is 4.99. The molecule has 3 nitrogen and oxygen atoms in total. The Morgan fingerprint density at radius 3 is 2.62 bits per heavy atom. The molecule has 0 saturated carbocycles. The van der Waals surface area contributed by atoms with Crippen LogP contribution >= 0.6 is 0 Å². The van der Waals surface area contributed by atoms with E-state index in [4.69, 9.17) is 0 Å². The molecule has 1 N–H and O–H groups in total. The zero-order chi connectivity index (χ0) is 17.1. The highest BCUT2D eigenvalue weighted by Crippen LogP contribution is 2.19. The Balaban J connectivity index is 1.57. The van der Waals surface area contributed by atoms with Gasteiger partial charge in [-0.25, -0.2) is 0 Å². The zero-order valence-corrected chi connectivity index (χ0v) is 14.8. The average molecular weight is 322 g/mol. The number of amides is 1. The first-order valence-corrected chi connectivity index (χ1v) is 8.68. The first-order chi connectivity index (χ1) is 11.5. The number of carbonyl (C=O) groups excluding carboxylic acids is 1. The second-order valence-electron chi connectivity index (χ2n) is 6.86. The molecule has 2 aromatic carbocycles. The van der Waals surface area contributed by atoms with Gasteiger partial charge in [0.25, 0.3) is 0 Å². The standard InChI is InChI=1S/C21H26N2O/c1-15-8-9-19(12-16(15)2)17(3)22-21(24)14-23-11-10-18-6-4-5-7-20(18)13-23/h4-9,12,17H,10-11,13-14H2,1-3H3,(H,22,24)/t17-/m0/s1. The summed E-state index contributed by atoms with van der Waals surface area (Å²) >= 11 is 0. The van der Waals surface area contributed by atoms with Crippen LogP contribution in [-0.4, -0.2) is 23.9 Å². The fraction of sp³-hybridized carbons (Fsp3) is 0.381. The van der Waals surface area contributed by atoms with Gasteiger partial charge < -0.3 is 5.32 Å². The third-order valence-electron chi connectivity index (χ3n) is 4.99. The summed E-state index contributed by atoms with van der Waals surface area (Å²) in [5.74, 6) is 0.0973. The first kappa shape index (κ1) is 16.7. The Morgan fingerprint density at radius 2 is 1.88 bits per heavy atom. The number of fused-ring (bicyclic) bond motifs is 1. The molecule has 0 radical (unpaired) electrons. The summed E-state index contributed by atoms with van der Waals surface area (Å²) in [6.45, 7) is 8.54. The van der Waals surface area contributed by atoms with Crippen molar-refractivity contribution in [1.29, 1.82) is 0 Å². The van der Waals surface area contributed by atoms with Gasteiger partial charge in [-0.3, -0.25) is 9.69 Å². The highest BCUT2D eigenvalue weighted by molar-refractivity contribution is 5.78. The van der Waals surface area contributed by atoms with E-state index < -0.39 is 0 Å². The van der Waals surface area contributed by atoms with E-state index in [9.17, 15) is 4.79 Å². The number of hydrogen-bond acceptors (Lipinski definition) is 2. The van der Waals surface area contributed by atoms with Crippen LogP contribution < -0.4 is 5.32 Å². The van der Waals surface area contributed by atoms with Crippen molar-refractivity contribution in [3.8, 4) is 0 Å². The lowest BCUT2D eigenvalue weighted by molar-refractivity contribution is -0.123. The molecule has 0 fully saturated rings. The van der Waals surface area contributed by atoms with Crippen molar-refractivity contribution in [2.24, 2.45) is 0 Å². The van der Waals surface area contributed by atoms with E-state index in [0.717, 1.165) is 25.1 Å². The van der Waals surface area contributed by atoms with Gasteiger partial charge in [0.15, 0.2) is 0 Å². The highest BCUT2D eigenvalue weighted by atomic mass is 16.2. The topological polar surface area (TPSA) is 32.3 Å². The maximum atomic E-state index is 12.4. The Morgan fingerprint density at radius 1 is 1.12 bits per heavy atom. The van der Waals surface area contributed by atoms with Crippen molar-refractivity contribution >= 4 is 5.91 Å². The summed E-state index contributed by atoms with van der Waals surface area (Å²) in [7, 11) is 0. The smallest absolute Gasteiger partial charge is 0.234 e. The van der Waals surface area contributed by atoms with Gasteiger partial charge >= 0.3 is 0 Å². The third kappa shape index (κ3) is 3.85. The van der Waals surface area contributed by atoms with Crippen molar-refractivity contribution < 1.29 is 4.79 Å². The summed E-state index contributed by atoms with van der Waals surface area (Å²) in [4.78, 5) is 14.6. The summed E-state index contributed by atoms with van der Waals surface area (Å²) in [6, 6.07) is 14.9. The van der Waals surface area contributed by atoms with Crippen LogP contribution in [0, 0.1) is 13.8 Å². The lowest BCUT2D eigenvalue weighted by atomic mass is 10.00. The van der Waals surface area contributed by atoms with Gasteiger partial charge in [0.05, 0.1) is 12.6 Å². The Hall–Kier alpha value is -2.13. The molecule has 0 spiro atoms. The molecule has 2 aromatic rings. The zero-order valence-electron chi connectivity index (χ0n) is 14.8. The van der Waals surface area contributed by atoms with Gasteiger partial charge in [0.1, 0.15) is 0 Å². The molecular weight excluding hydrogens is 296 g/mol. The second-order valence-corrected chi connectivity index (χ2v) is 6.86. The molecule has 3 rings (SSSR count). The van der Waals surface area contributed by atoms with Gasteiger partial charge in [-0.2, -0.15) is 0 Å². The van der Waals surface area contributed by atoms with Crippen LogP contribution in [0.3, 0.4) is 0 Å². The van der Waals surface area contributed by atoms with Gasteiger partial charge in [-0.05, 0) is 55.0 Å². The van der Waals surface area contributed by atoms with E-state index in [2.05, 4.69) is 66.5 Å². The van der Waals surface area contributed by atoms with Crippen LogP contribution in [-0.2, 0) is 17.8 Å². The SMILES string of the molecule is Cc1ccc([C@H](C)NC(=O)CN2CCc3ccccc3C2)cc1C. The molecule has 24 heavy (non-hydrogen) atoms. The summed E-state index contributed by atoms with van der Waals surface area (Å²) in [6.07, 6.45) is 1.02.